The molecule has 2 fully saturated rings. The number of hydrogen-bond donors (Lipinski definition) is 0. The maximum atomic E-state index is 5.43. The molecule has 2 aliphatic rings. The minimum absolute atomic E-state index is 0.871. The molecular weight excluding hydrogens is 304 g/mol. The zero-order valence-electron chi connectivity index (χ0n) is 11.3. The fourth-order valence-electron chi connectivity index (χ4n) is 2.92. The van der Waals surface area contributed by atoms with Crippen LogP contribution in [-0.4, -0.2) is 44.3 Å². The predicted molar refractivity (Wildman–Crippen MR) is 81.7 cm³/mol. The summed E-state index contributed by atoms with van der Waals surface area (Å²) in [6.07, 6.45) is 2.65. The molecule has 4 heteroatoms. The van der Waals surface area contributed by atoms with Gasteiger partial charge in [0, 0.05) is 42.9 Å². The summed E-state index contributed by atoms with van der Waals surface area (Å²) in [6.45, 7) is 7.29. The van der Waals surface area contributed by atoms with Crippen LogP contribution in [0.1, 0.15) is 18.4 Å². The number of rotatable bonds is 3. The van der Waals surface area contributed by atoms with Crippen molar-refractivity contribution in [3.8, 4) is 0 Å². The molecule has 0 aromatic heterocycles. The molecule has 0 spiro atoms. The van der Waals surface area contributed by atoms with E-state index in [1.807, 2.05) is 0 Å². The van der Waals surface area contributed by atoms with Crippen molar-refractivity contribution in [3.05, 3.63) is 28.2 Å². The van der Waals surface area contributed by atoms with E-state index in [0.717, 1.165) is 32.8 Å². The average Bonchev–Trinajstić information content (AvgIpc) is 2.96. The lowest BCUT2D eigenvalue weighted by atomic mass is 10.1. The highest BCUT2D eigenvalue weighted by Crippen LogP contribution is 2.29. The zero-order valence-corrected chi connectivity index (χ0v) is 12.9. The summed E-state index contributed by atoms with van der Waals surface area (Å²) in [5.41, 5.74) is 2.87. The summed E-state index contributed by atoms with van der Waals surface area (Å²) in [6, 6.07) is 6.71. The van der Waals surface area contributed by atoms with Crippen LogP contribution in [0.2, 0.25) is 0 Å². The Balaban J connectivity index is 1.78. The Kier molecular flexibility index (Phi) is 4.41. The van der Waals surface area contributed by atoms with Gasteiger partial charge in [-0.25, -0.2) is 0 Å². The SMILES string of the molecule is Brc1ccc(CN2CCOCC2)c(N2CCCC2)c1. The van der Waals surface area contributed by atoms with Gasteiger partial charge >= 0.3 is 0 Å². The number of morpholine rings is 1. The van der Waals surface area contributed by atoms with Gasteiger partial charge in [0.2, 0.25) is 0 Å². The molecule has 3 nitrogen and oxygen atoms in total. The van der Waals surface area contributed by atoms with Gasteiger partial charge < -0.3 is 9.64 Å². The van der Waals surface area contributed by atoms with Gasteiger partial charge in [0.25, 0.3) is 0 Å². The third-order valence-electron chi connectivity index (χ3n) is 3.99. The summed E-state index contributed by atoms with van der Waals surface area (Å²) in [7, 11) is 0. The smallest absolute Gasteiger partial charge is 0.0594 e. The number of halogens is 1. The molecule has 2 aliphatic heterocycles. The Hall–Kier alpha value is -0.580. The second kappa shape index (κ2) is 6.25. The molecule has 0 saturated carbocycles. The van der Waals surface area contributed by atoms with E-state index in [4.69, 9.17) is 4.74 Å². The fraction of sp³-hybridized carbons (Fsp3) is 0.600. The second-order valence-electron chi connectivity index (χ2n) is 5.36. The van der Waals surface area contributed by atoms with Crippen molar-refractivity contribution >= 4 is 21.6 Å². The topological polar surface area (TPSA) is 15.7 Å². The van der Waals surface area contributed by atoms with Crippen molar-refractivity contribution in [2.45, 2.75) is 19.4 Å². The summed E-state index contributed by atoms with van der Waals surface area (Å²) < 4.78 is 6.61. The molecule has 2 heterocycles. The third-order valence-corrected chi connectivity index (χ3v) is 4.49. The first-order chi connectivity index (χ1) is 9.33. The predicted octanol–water partition coefficient (Wildman–Crippen LogP) is 2.88. The van der Waals surface area contributed by atoms with Gasteiger partial charge in [-0.2, -0.15) is 0 Å². The molecular formula is C15H21BrN2O. The van der Waals surface area contributed by atoms with Crippen molar-refractivity contribution in [1.29, 1.82) is 0 Å². The van der Waals surface area contributed by atoms with Gasteiger partial charge in [0.05, 0.1) is 13.2 Å². The Bertz CT molecular complexity index is 426. The molecule has 0 amide bonds. The summed E-state index contributed by atoms with van der Waals surface area (Å²) >= 11 is 3.61. The minimum Gasteiger partial charge on any atom is -0.379 e. The van der Waals surface area contributed by atoms with Gasteiger partial charge in [-0.3, -0.25) is 4.90 Å². The van der Waals surface area contributed by atoms with E-state index in [9.17, 15) is 0 Å². The lowest BCUT2D eigenvalue weighted by molar-refractivity contribution is 0.0342. The third kappa shape index (κ3) is 3.30. The molecule has 0 N–H and O–H groups in total. The van der Waals surface area contributed by atoms with Crippen LogP contribution in [0.15, 0.2) is 22.7 Å². The molecule has 19 heavy (non-hydrogen) atoms. The molecule has 3 rings (SSSR count). The van der Waals surface area contributed by atoms with Crippen LogP contribution in [-0.2, 0) is 11.3 Å². The Morgan fingerprint density at radius 3 is 2.53 bits per heavy atom. The van der Waals surface area contributed by atoms with Crippen molar-refractivity contribution in [1.82, 2.24) is 4.90 Å². The largest absolute Gasteiger partial charge is 0.379 e. The maximum absolute atomic E-state index is 5.43. The van der Waals surface area contributed by atoms with Crippen LogP contribution in [0.25, 0.3) is 0 Å². The van der Waals surface area contributed by atoms with Gasteiger partial charge in [0.1, 0.15) is 0 Å². The first kappa shape index (κ1) is 13.4. The lowest BCUT2D eigenvalue weighted by Gasteiger charge is -2.29. The molecule has 104 valence electrons. The molecule has 0 radical (unpaired) electrons. The van der Waals surface area contributed by atoms with Crippen molar-refractivity contribution in [2.24, 2.45) is 0 Å². The quantitative estimate of drug-likeness (QED) is 0.850. The number of nitrogens with zero attached hydrogens (tertiary/aromatic N) is 2. The molecule has 0 bridgehead atoms. The Labute approximate surface area is 123 Å². The van der Waals surface area contributed by atoms with Crippen LogP contribution in [0.3, 0.4) is 0 Å². The first-order valence-electron chi connectivity index (χ1n) is 7.16. The van der Waals surface area contributed by atoms with E-state index in [0.29, 0.717) is 0 Å². The van der Waals surface area contributed by atoms with E-state index >= 15 is 0 Å². The molecule has 1 aromatic carbocycles. The van der Waals surface area contributed by atoms with Crippen LogP contribution in [0, 0.1) is 0 Å². The zero-order chi connectivity index (χ0) is 13.1. The Morgan fingerprint density at radius 1 is 1.05 bits per heavy atom. The fourth-order valence-corrected chi connectivity index (χ4v) is 3.27. The van der Waals surface area contributed by atoms with Gasteiger partial charge in [-0.1, -0.05) is 22.0 Å². The van der Waals surface area contributed by atoms with E-state index in [-0.39, 0.29) is 0 Å². The second-order valence-corrected chi connectivity index (χ2v) is 6.27. The molecule has 2 saturated heterocycles. The Morgan fingerprint density at radius 2 is 1.79 bits per heavy atom. The summed E-state index contributed by atoms with van der Waals surface area (Å²) in [5, 5.41) is 0. The normalized spacial score (nSPS) is 21.0. The number of anilines is 1. The van der Waals surface area contributed by atoms with E-state index in [1.54, 1.807) is 0 Å². The van der Waals surface area contributed by atoms with E-state index < -0.39 is 0 Å². The number of hydrogen-bond acceptors (Lipinski definition) is 3. The van der Waals surface area contributed by atoms with Crippen molar-refractivity contribution in [3.63, 3.8) is 0 Å². The van der Waals surface area contributed by atoms with Gasteiger partial charge in [0.15, 0.2) is 0 Å². The van der Waals surface area contributed by atoms with Crippen molar-refractivity contribution < 1.29 is 4.74 Å². The highest BCUT2D eigenvalue weighted by molar-refractivity contribution is 9.10. The average molecular weight is 325 g/mol. The van der Waals surface area contributed by atoms with Crippen molar-refractivity contribution in [2.75, 3.05) is 44.3 Å². The van der Waals surface area contributed by atoms with Gasteiger partial charge in [-0.15, -0.1) is 0 Å². The molecule has 1 aromatic rings. The van der Waals surface area contributed by atoms with Crippen LogP contribution in [0.5, 0.6) is 0 Å². The molecule has 0 unspecified atom stereocenters. The summed E-state index contributed by atoms with van der Waals surface area (Å²) in [5.74, 6) is 0. The van der Waals surface area contributed by atoms with E-state index in [1.165, 1.54) is 41.7 Å². The van der Waals surface area contributed by atoms with Crippen LogP contribution < -0.4 is 4.90 Å². The van der Waals surface area contributed by atoms with Crippen LogP contribution in [0.4, 0.5) is 5.69 Å². The molecule has 0 aliphatic carbocycles. The monoisotopic (exact) mass is 324 g/mol. The highest BCUT2D eigenvalue weighted by atomic mass is 79.9. The highest BCUT2D eigenvalue weighted by Gasteiger charge is 2.18. The molecule has 0 atom stereocenters. The number of benzene rings is 1. The first-order valence-corrected chi connectivity index (χ1v) is 7.96. The van der Waals surface area contributed by atoms with E-state index in [2.05, 4.69) is 43.9 Å². The van der Waals surface area contributed by atoms with Gasteiger partial charge in [-0.05, 0) is 30.5 Å². The van der Waals surface area contributed by atoms with Crippen LogP contribution >= 0.6 is 15.9 Å². The lowest BCUT2D eigenvalue weighted by Crippen LogP contribution is -2.36. The standard InChI is InChI=1S/C15H21BrN2O/c16-14-4-3-13(12-17-7-9-19-10-8-17)15(11-14)18-5-1-2-6-18/h3-4,11H,1-2,5-10,12H2. The minimum atomic E-state index is 0.871. The number of ether oxygens (including phenoxy) is 1. The maximum Gasteiger partial charge on any atom is 0.0594 e. The summed E-state index contributed by atoms with van der Waals surface area (Å²) in [4.78, 5) is 5.02.